The smallest absolute Gasteiger partial charge is 0.269 e. The summed E-state index contributed by atoms with van der Waals surface area (Å²) in [5.74, 6) is 0.567. The number of rotatable bonds is 13. The lowest BCUT2D eigenvalue weighted by molar-refractivity contribution is -0.121. The van der Waals surface area contributed by atoms with E-state index in [0.29, 0.717) is 23.9 Å². The maximum Gasteiger partial charge on any atom is 0.269 e. The summed E-state index contributed by atoms with van der Waals surface area (Å²) in [6, 6.07) is 5.78. The van der Waals surface area contributed by atoms with Gasteiger partial charge < -0.3 is 37.5 Å². The molecule has 9 heteroatoms. The highest BCUT2D eigenvalue weighted by molar-refractivity contribution is 5.94. The van der Waals surface area contributed by atoms with E-state index in [9.17, 15) is 9.59 Å². The van der Waals surface area contributed by atoms with Crippen molar-refractivity contribution in [1.29, 1.82) is 0 Å². The first kappa shape index (κ1) is 28.7. The van der Waals surface area contributed by atoms with E-state index in [1.54, 1.807) is 7.11 Å². The molecular weight excluding hydrogens is 480 g/mol. The zero-order valence-corrected chi connectivity index (χ0v) is 22.9. The van der Waals surface area contributed by atoms with Crippen molar-refractivity contribution in [2.45, 2.75) is 52.4 Å². The van der Waals surface area contributed by atoms with E-state index in [1.165, 1.54) is 31.5 Å². The minimum absolute atomic E-state index is 0.0130. The Kier molecular flexibility index (Phi) is 10.3. The number of amides is 2. The highest BCUT2D eigenvalue weighted by atomic mass is 16.5. The largest absolute Gasteiger partial charge is 0.494 e. The number of nitrogens with one attached hydrogen (secondary N) is 4. The molecule has 0 bridgehead atoms. The molecule has 1 heterocycles. The molecule has 206 valence electrons. The van der Waals surface area contributed by atoms with E-state index in [4.69, 9.17) is 16.2 Å². The van der Waals surface area contributed by atoms with Crippen LogP contribution in [-0.4, -0.2) is 32.5 Å². The van der Waals surface area contributed by atoms with Gasteiger partial charge in [-0.05, 0) is 48.8 Å². The number of ether oxygens (including phenoxy) is 1. The van der Waals surface area contributed by atoms with Crippen LogP contribution in [0.5, 0.6) is 5.75 Å². The van der Waals surface area contributed by atoms with Gasteiger partial charge in [0.05, 0.1) is 18.5 Å². The highest BCUT2D eigenvalue weighted by Gasteiger charge is 2.29. The predicted octanol–water partition coefficient (Wildman–Crippen LogP) is 3.44. The van der Waals surface area contributed by atoms with Gasteiger partial charge in [0.1, 0.15) is 17.3 Å². The number of hydrogen-bond acceptors (Lipinski definition) is 7. The first-order chi connectivity index (χ1) is 18.3. The summed E-state index contributed by atoms with van der Waals surface area (Å²) in [6.07, 6.45) is 12.1. The number of benzene rings is 1. The number of likely N-dealkylation sites (N-methyl/N-ethyl adjacent to an activating group) is 1. The second-order valence-electron chi connectivity index (χ2n) is 9.72. The Balaban J connectivity index is 1.95. The van der Waals surface area contributed by atoms with Crippen molar-refractivity contribution in [2.24, 2.45) is 23.3 Å². The van der Waals surface area contributed by atoms with Gasteiger partial charge in [0.25, 0.3) is 5.91 Å². The lowest BCUT2D eigenvalue weighted by Gasteiger charge is -2.24. The molecule has 1 aromatic carbocycles. The summed E-state index contributed by atoms with van der Waals surface area (Å²) in [5, 5.41) is 11.9. The Labute approximate surface area is 225 Å². The topological polar surface area (TPSA) is 144 Å². The standard InChI is InChI=1S/C29H42N6O3/c1-5-7-9-18(6-2)20-14-21(17-33-16-20)22-10-8-11-23(27(22)38-4)34-24(26(31)29(37)32-3)15-25(30)35-28(36)19-12-13-19/h8,10-11,14-16,18-19,33-34H,5-7,9,12-13,17,30-31H2,1-4H3,(H,32,37)(H,35,36)/b25-15+,26-24+. The summed E-state index contributed by atoms with van der Waals surface area (Å²) in [6.45, 7) is 5.11. The average molecular weight is 523 g/mol. The Morgan fingerprint density at radius 1 is 1.24 bits per heavy atom. The molecule has 0 radical (unpaired) electrons. The maximum atomic E-state index is 12.4. The van der Waals surface area contributed by atoms with Gasteiger partial charge in [0.15, 0.2) is 0 Å². The number of dihydropyridines is 1. The van der Waals surface area contributed by atoms with E-state index >= 15 is 0 Å². The predicted molar refractivity (Wildman–Crippen MR) is 152 cm³/mol. The zero-order chi connectivity index (χ0) is 27.7. The van der Waals surface area contributed by atoms with Gasteiger partial charge >= 0.3 is 0 Å². The first-order valence-electron chi connectivity index (χ1n) is 13.4. The highest BCUT2D eigenvalue weighted by Crippen LogP contribution is 2.37. The Morgan fingerprint density at radius 3 is 2.63 bits per heavy atom. The minimum Gasteiger partial charge on any atom is -0.494 e. The van der Waals surface area contributed by atoms with Crippen LogP contribution in [0.4, 0.5) is 5.69 Å². The van der Waals surface area contributed by atoms with E-state index < -0.39 is 5.91 Å². The van der Waals surface area contributed by atoms with Crippen molar-refractivity contribution in [3.05, 3.63) is 64.9 Å². The van der Waals surface area contributed by atoms with Crippen LogP contribution in [0.15, 0.2) is 59.3 Å². The van der Waals surface area contributed by atoms with E-state index in [-0.39, 0.29) is 29.0 Å². The molecule has 2 aliphatic rings. The number of hydrogen-bond donors (Lipinski definition) is 6. The molecule has 1 saturated carbocycles. The molecule has 1 unspecified atom stereocenters. The molecule has 3 rings (SSSR count). The van der Waals surface area contributed by atoms with Crippen molar-refractivity contribution in [3.63, 3.8) is 0 Å². The van der Waals surface area contributed by atoms with Crippen molar-refractivity contribution in [1.82, 2.24) is 16.0 Å². The summed E-state index contributed by atoms with van der Waals surface area (Å²) in [7, 11) is 3.10. The fourth-order valence-electron chi connectivity index (χ4n) is 4.51. The third kappa shape index (κ3) is 7.34. The molecule has 1 aliphatic carbocycles. The second kappa shape index (κ2) is 13.6. The molecule has 0 aromatic heterocycles. The second-order valence-corrected chi connectivity index (χ2v) is 9.72. The number of carbonyl (C=O) groups is 2. The van der Waals surface area contributed by atoms with Crippen molar-refractivity contribution >= 4 is 23.1 Å². The molecule has 0 saturated heterocycles. The summed E-state index contributed by atoms with van der Waals surface area (Å²) in [4.78, 5) is 24.6. The quantitative estimate of drug-likeness (QED) is 0.172. The third-order valence-corrected chi connectivity index (χ3v) is 6.88. The molecule has 8 N–H and O–H groups in total. The maximum absolute atomic E-state index is 12.4. The van der Waals surface area contributed by atoms with Gasteiger partial charge in [-0.2, -0.15) is 0 Å². The molecule has 0 spiro atoms. The van der Waals surface area contributed by atoms with Crippen molar-refractivity contribution < 1.29 is 14.3 Å². The van der Waals surface area contributed by atoms with Gasteiger partial charge in [0, 0.05) is 37.3 Å². The van der Waals surface area contributed by atoms with E-state index in [0.717, 1.165) is 36.8 Å². The van der Waals surface area contributed by atoms with E-state index in [1.807, 2.05) is 18.2 Å². The summed E-state index contributed by atoms with van der Waals surface area (Å²) >= 11 is 0. The van der Waals surface area contributed by atoms with Crippen LogP contribution in [0.25, 0.3) is 5.57 Å². The van der Waals surface area contributed by atoms with Crippen molar-refractivity contribution in [2.75, 3.05) is 26.0 Å². The van der Waals surface area contributed by atoms with Gasteiger partial charge in [-0.25, -0.2) is 0 Å². The van der Waals surface area contributed by atoms with Crippen LogP contribution in [0.1, 0.15) is 57.9 Å². The third-order valence-electron chi connectivity index (χ3n) is 6.88. The number of carbonyl (C=O) groups excluding carboxylic acids is 2. The van der Waals surface area contributed by atoms with Gasteiger partial charge in [0.2, 0.25) is 5.91 Å². The summed E-state index contributed by atoms with van der Waals surface area (Å²) < 4.78 is 5.86. The molecule has 1 fully saturated rings. The van der Waals surface area contributed by atoms with Gasteiger partial charge in [-0.15, -0.1) is 0 Å². The van der Waals surface area contributed by atoms with Gasteiger partial charge in [-0.1, -0.05) is 44.9 Å². The molecule has 9 nitrogen and oxygen atoms in total. The molecule has 1 aromatic rings. The zero-order valence-electron chi connectivity index (χ0n) is 22.9. The number of methoxy groups -OCH3 is 1. The Morgan fingerprint density at radius 2 is 2.00 bits per heavy atom. The molecule has 38 heavy (non-hydrogen) atoms. The Bertz CT molecular complexity index is 1150. The van der Waals surface area contributed by atoms with Crippen molar-refractivity contribution in [3.8, 4) is 5.75 Å². The number of allylic oxidation sites excluding steroid dienone is 3. The van der Waals surface area contributed by atoms with Crippen LogP contribution in [0.3, 0.4) is 0 Å². The van der Waals surface area contributed by atoms with E-state index in [2.05, 4.69) is 47.4 Å². The van der Waals surface area contributed by atoms with Gasteiger partial charge in [-0.3, -0.25) is 9.59 Å². The number of nitrogens with two attached hydrogens (primary N) is 2. The lowest BCUT2D eigenvalue weighted by atomic mass is 9.87. The van der Waals surface area contributed by atoms with Crippen LogP contribution < -0.4 is 37.5 Å². The fourth-order valence-corrected chi connectivity index (χ4v) is 4.51. The number of anilines is 1. The molecular formula is C29H42N6O3. The lowest BCUT2D eigenvalue weighted by Crippen LogP contribution is -2.31. The van der Waals surface area contributed by atoms with Crippen LogP contribution >= 0.6 is 0 Å². The SMILES string of the molecule is CCCCC(CC)C1=CNCC(c2cccc(NC(/C=C(\N)NC(=O)C3CC3)=C(/N)C(=O)NC)c2OC)=C1. The monoisotopic (exact) mass is 522 g/mol. The number of para-hydroxylation sites is 1. The normalized spacial score (nSPS) is 16.8. The van der Waals surface area contributed by atoms with Crippen LogP contribution in [0.2, 0.25) is 0 Å². The Hall–Kier alpha value is -3.88. The minimum atomic E-state index is -0.480. The average Bonchev–Trinajstić information content (AvgIpc) is 3.78. The number of unbranched alkanes of at least 4 members (excludes halogenated alkanes) is 1. The molecule has 1 atom stereocenters. The van der Waals surface area contributed by atoms with Crippen LogP contribution in [0, 0.1) is 11.8 Å². The van der Waals surface area contributed by atoms with Crippen LogP contribution in [-0.2, 0) is 9.59 Å². The molecule has 2 amide bonds. The molecule has 1 aliphatic heterocycles. The first-order valence-corrected chi connectivity index (χ1v) is 13.4. The summed E-state index contributed by atoms with van der Waals surface area (Å²) in [5.41, 5.74) is 16.4. The fraction of sp³-hybridized carbons (Fsp3) is 0.448.